The Kier molecular flexibility index (Phi) is 4.13. The van der Waals surface area contributed by atoms with Gasteiger partial charge in [-0.1, -0.05) is 12.1 Å². The number of amides is 1. The van der Waals surface area contributed by atoms with Crippen molar-refractivity contribution in [1.82, 2.24) is 14.9 Å². The predicted octanol–water partition coefficient (Wildman–Crippen LogP) is 0.740. The van der Waals surface area contributed by atoms with Crippen molar-refractivity contribution in [2.75, 3.05) is 7.05 Å². The Balaban J connectivity index is 2.08. The van der Waals surface area contributed by atoms with Crippen molar-refractivity contribution in [2.24, 2.45) is 0 Å². The zero-order chi connectivity index (χ0) is 15.4. The van der Waals surface area contributed by atoms with Crippen LogP contribution >= 0.6 is 0 Å². The molecule has 0 aliphatic carbocycles. The molecule has 2 aromatic rings. The Hall–Kier alpha value is -2.96. The van der Waals surface area contributed by atoms with Crippen LogP contribution in [0, 0.1) is 0 Å². The average molecular weight is 287 g/mol. The number of nitrogens with one attached hydrogen (secondary N) is 1. The maximum Gasteiger partial charge on any atom is 0.335 e. The number of carbonyl (C=O) groups excluding carboxylic acids is 1. The van der Waals surface area contributed by atoms with Gasteiger partial charge in [-0.25, -0.2) is 9.78 Å². The lowest BCUT2D eigenvalue weighted by molar-refractivity contribution is 0.0695. The van der Waals surface area contributed by atoms with Crippen LogP contribution < -0.4 is 5.56 Å². The van der Waals surface area contributed by atoms with Crippen molar-refractivity contribution in [3.8, 4) is 0 Å². The molecule has 0 aliphatic heterocycles. The molecule has 21 heavy (non-hydrogen) atoms. The number of aromatic amines is 1. The molecule has 0 radical (unpaired) electrons. The number of benzene rings is 1. The summed E-state index contributed by atoms with van der Waals surface area (Å²) in [6.07, 6.45) is 2.30. The fourth-order valence-corrected chi connectivity index (χ4v) is 1.75. The largest absolute Gasteiger partial charge is 0.478 e. The molecule has 0 saturated heterocycles. The van der Waals surface area contributed by atoms with E-state index in [-0.39, 0.29) is 22.7 Å². The molecule has 2 rings (SSSR count). The van der Waals surface area contributed by atoms with Gasteiger partial charge in [-0.2, -0.15) is 0 Å². The minimum Gasteiger partial charge on any atom is -0.478 e. The third-order valence-corrected chi connectivity index (χ3v) is 2.86. The van der Waals surface area contributed by atoms with Crippen LogP contribution in [0.5, 0.6) is 0 Å². The summed E-state index contributed by atoms with van der Waals surface area (Å²) >= 11 is 0. The summed E-state index contributed by atoms with van der Waals surface area (Å²) in [5, 5.41) is 8.82. The van der Waals surface area contributed by atoms with Gasteiger partial charge >= 0.3 is 5.97 Å². The highest BCUT2D eigenvalue weighted by Gasteiger charge is 2.13. The number of carboxylic acids is 1. The van der Waals surface area contributed by atoms with E-state index in [1.165, 1.54) is 23.2 Å². The molecule has 108 valence electrons. The maximum atomic E-state index is 12.1. The predicted molar refractivity (Wildman–Crippen MR) is 74.1 cm³/mol. The van der Waals surface area contributed by atoms with E-state index in [0.29, 0.717) is 6.54 Å². The number of nitrogens with zero attached hydrogens (tertiary/aromatic N) is 2. The van der Waals surface area contributed by atoms with Crippen molar-refractivity contribution >= 4 is 11.9 Å². The molecular formula is C14H13N3O4. The third kappa shape index (κ3) is 3.53. The smallest absolute Gasteiger partial charge is 0.335 e. The number of H-pyrrole nitrogens is 1. The molecule has 7 nitrogen and oxygen atoms in total. The lowest BCUT2D eigenvalue weighted by Gasteiger charge is -2.16. The summed E-state index contributed by atoms with van der Waals surface area (Å²) in [4.78, 5) is 41.3. The molecule has 0 aliphatic rings. The number of hydrogen-bond acceptors (Lipinski definition) is 4. The monoisotopic (exact) mass is 287 g/mol. The van der Waals surface area contributed by atoms with Gasteiger partial charge in [0, 0.05) is 19.8 Å². The Morgan fingerprint density at radius 2 is 1.95 bits per heavy atom. The van der Waals surface area contributed by atoms with Crippen molar-refractivity contribution in [3.05, 3.63) is 63.8 Å². The van der Waals surface area contributed by atoms with Crippen LogP contribution in [0.3, 0.4) is 0 Å². The molecule has 1 aromatic carbocycles. The van der Waals surface area contributed by atoms with Crippen LogP contribution in [0.15, 0.2) is 41.5 Å². The summed E-state index contributed by atoms with van der Waals surface area (Å²) in [7, 11) is 1.60. The summed E-state index contributed by atoms with van der Waals surface area (Å²) in [6.45, 7) is 0.305. The van der Waals surface area contributed by atoms with Crippen molar-refractivity contribution in [1.29, 1.82) is 0 Å². The Morgan fingerprint density at radius 3 is 2.48 bits per heavy atom. The maximum absolute atomic E-state index is 12.1. The van der Waals surface area contributed by atoms with Gasteiger partial charge < -0.3 is 15.0 Å². The van der Waals surface area contributed by atoms with Crippen LogP contribution in [0.25, 0.3) is 0 Å². The average Bonchev–Trinajstić information content (AvgIpc) is 2.47. The van der Waals surface area contributed by atoms with E-state index in [0.717, 1.165) is 11.8 Å². The summed E-state index contributed by atoms with van der Waals surface area (Å²) in [5.74, 6) is -1.34. The number of hydrogen-bond donors (Lipinski definition) is 2. The van der Waals surface area contributed by atoms with Gasteiger partial charge in [0.05, 0.1) is 11.8 Å². The molecule has 0 unspecified atom stereocenters. The van der Waals surface area contributed by atoms with Gasteiger partial charge in [0.2, 0.25) is 0 Å². The fourth-order valence-electron chi connectivity index (χ4n) is 1.75. The number of carboxylic acid groups (broad SMARTS) is 1. The number of carbonyl (C=O) groups is 2. The quantitative estimate of drug-likeness (QED) is 0.863. The topological polar surface area (TPSA) is 103 Å². The SMILES string of the molecule is CN(Cc1ccc(C(=O)O)cc1)C(=O)c1c[nH]c(=O)cn1. The second-order valence-corrected chi connectivity index (χ2v) is 4.46. The molecule has 0 fully saturated rings. The fraction of sp³-hybridized carbons (Fsp3) is 0.143. The minimum atomic E-state index is -0.997. The number of aromatic carboxylic acids is 1. The molecule has 0 atom stereocenters. The molecule has 1 heterocycles. The number of aromatic nitrogens is 2. The van der Waals surface area contributed by atoms with Gasteiger partial charge in [0.15, 0.2) is 0 Å². The second-order valence-electron chi connectivity index (χ2n) is 4.46. The molecule has 7 heteroatoms. The van der Waals surface area contributed by atoms with E-state index in [1.54, 1.807) is 19.2 Å². The van der Waals surface area contributed by atoms with Crippen LogP contribution in [-0.2, 0) is 6.54 Å². The standard InChI is InChI=1S/C14H13N3O4/c1-17(13(19)11-6-16-12(18)7-15-11)8-9-2-4-10(5-3-9)14(20)21/h2-7H,8H2,1H3,(H,16,18)(H,20,21). The zero-order valence-electron chi connectivity index (χ0n) is 11.2. The highest BCUT2D eigenvalue weighted by Crippen LogP contribution is 2.08. The molecule has 1 aromatic heterocycles. The highest BCUT2D eigenvalue weighted by atomic mass is 16.4. The summed E-state index contributed by atoms with van der Waals surface area (Å²) in [5.41, 5.74) is 0.744. The van der Waals surface area contributed by atoms with Gasteiger partial charge in [0.1, 0.15) is 5.69 Å². The zero-order valence-corrected chi connectivity index (χ0v) is 11.2. The highest BCUT2D eigenvalue weighted by molar-refractivity contribution is 5.91. The third-order valence-electron chi connectivity index (χ3n) is 2.86. The summed E-state index contributed by atoms with van der Waals surface area (Å²) < 4.78 is 0. The van der Waals surface area contributed by atoms with E-state index >= 15 is 0 Å². The lowest BCUT2D eigenvalue weighted by atomic mass is 10.1. The lowest BCUT2D eigenvalue weighted by Crippen LogP contribution is -2.27. The van der Waals surface area contributed by atoms with E-state index < -0.39 is 5.97 Å². The van der Waals surface area contributed by atoms with E-state index in [9.17, 15) is 14.4 Å². The normalized spacial score (nSPS) is 10.1. The van der Waals surface area contributed by atoms with Crippen molar-refractivity contribution in [2.45, 2.75) is 6.54 Å². The van der Waals surface area contributed by atoms with Gasteiger partial charge in [-0.3, -0.25) is 9.59 Å². The first-order chi connectivity index (χ1) is 9.97. The Bertz CT molecular complexity index is 701. The minimum absolute atomic E-state index is 0.138. The molecule has 2 N–H and O–H groups in total. The van der Waals surface area contributed by atoms with E-state index in [1.807, 2.05) is 0 Å². The molecule has 0 bridgehead atoms. The van der Waals surface area contributed by atoms with Crippen LogP contribution in [-0.4, -0.2) is 38.9 Å². The van der Waals surface area contributed by atoms with Crippen LogP contribution in [0.4, 0.5) is 0 Å². The van der Waals surface area contributed by atoms with Gasteiger partial charge in [-0.15, -0.1) is 0 Å². The molecular weight excluding hydrogens is 274 g/mol. The first-order valence-corrected chi connectivity index (χ1v) is 6.10. The molecule has 1 amide bonds. The first-order valence-electron chi connectivity index (χ1n) is 6.10. The van der Waals surface area contributed by atoms with Crippen LogP contribution in [0.1, 0.15) is 26.4 Å². The van der Waals surface area contributed by atoms with Gasteiger partial charge in [0.25, 0.3) is 11.5 Å². The van der Waals surface area contributed by atoms with Crippen molar-refractivity contribution < 1.29 is 14.7 Å². The van der Waals surface area contributed by atoms with Crippen LogP contribution in [0.2, 0.25) is 0 Å². The van der Waals surface area contributed by atoms with E-state index in [2.05, 4.69) is 9.97 Å². The first kappa shape index (κ1) is 14.4. The Morgan fingerprint density at radius 1 is 1.29 bits per heavy atom. The van der Waals surface area contributed by atoms with E-state index in [4.69, 9.17) is 5.11 Å². The molecule has 0 spiro atoms. The second kappa shape index (κ2) is 6.00. The summed E-state index contributed by atoms with van der Waals surface area (Å²) in [6, 6.07) is 6.25. The Labute approximate surface area is 119 Å². The van der Waals surface area contributed by atoms with Gasteiger partial charge in [-0.05, 0) is 17.7 Å². The van der Waals surface area contributed by atoms with Crippen molar-refractivity contribution in [3.63, 3.8) is 0 Å². The number of rotatable bonds is 4. The molecule has 0 saturated carbocycles.